The highest BCUT2D eigenvalue weighted by Crippen LogP contribution is 2.28. The Morgan fingerprint density at radius 2 is 1.96 bits per heavy atom. The molecule has 0 fully saturated rings. The third kappa shape index (κ3) is 3.26. The topological polar surface area (TPSA) is 55.1 Å². The monoisotopic (exact) mass is 344 g/mol. The summed E-state index contributed by atoms with van der Waals surface area (Å²) in [4.78, 5) is 16.4. The van der Waals surface area contributed by atoms with Crippen LogP contribution in [0.1, 0.15) is 20.8 Å². The van der Waals surface area contributed by atoms with Crippen molar-refractivity contribution in [3.8, 4) is 0 Å². The van der Waals surface area contributed by atoms with Crippen molar-refractivity contribution >= 4 is 45.2 Å². The largest absolute Gasteiger partial charge is 0.444 e. The van der Waals surface area contributed by atoms with E-state index in [9.17, 15) is 4.79 Å². The number of pyridine rings is 2. The highest BCUT2D eigenvalue weighted by atomic mass is 35.5. The summed E-state index contributed by atoms with van der Waals surface area (Å²) < 4.78 is 7.27. The predicted molar refractivity (Wildman–Crippen MR) is 95.3 cm³/mol. The first-order valence-electron chi connectivity index (χ1n) is 7.61. The summed E-state index contributed by atoms with van der Waals surface area (Å²) in [5.74, 6) is 0.467. The van der Waals surface area contributed by atoms with Crippen LogP contribution in [0.15, 0.2) is 36.7 Å². The van der Waals surface area contributed by atoms with Crippen molar-refractivity contribution in [2.24, 2.45) is 7.05 Å². The second kappa shape index (κ2) is 5.91. The van der Waals surface area contributed by atoms with E-state index in [-0.39, 0.29) is 0 Å². The van der Waals surface area contributed by atoms with Gasteiger partial charge in [0.25, 0.3) is 0 Å². The minimum Gasteiger partial charge on any atom is -0.444 e. The van der Waals surface area contributed by atoms with Crippen molar-refractivity contribution < 1.29 is 14.1 Å². The van der Waals surface area contributed by atoms with Crippen molar-refractivity contribution in [3.63, 3.8) is 0 Å². The Morgan fingerprint density at radius 1 is 1.21 bits per heavy atom. The Kier molecular flexibility index (Phi) is 4.05. The first-order valence-corrected chi connectivity index (χ1v) is 7.99. The van der Waals surface area contributed by atoms with Gasteiger partial charge in [-0.3, -0.25) is 5.32 Å². The molecule has 0 aliphatic carbocycles. The van der Waals surface area contributed by atoms with Gasteiger partial charge >= 0.3 is 6.09 Å². The average molecular weight is 345 g/mol. The fourth-order valence-corrected chi connectivity index (χ4v) is 2.79. The zero-order valence-electron chi connectivity index (χ0n) is 14.1. The van der Waals surface area contributed by atoms with Crippen molar-refractivity contribution in [1.82, 2.24) is 4.98 Å². The SMILES string of the molecule is C[n+]1cc2c(NC(=O)OC(C)(C)C)nccc2c2ccc(Cl)cc21. The minimum absolute atomic E-state index is 0.467. The van der Waals surface area contributed by atoms with Gasteiger partial charge in [0.2, 0.25) is 5.52 Å². The molecule has 2 aromatic heterocycles. The molecule has 24 heavy (non-hydrogen) atoms. The molecular weight excluding hydrogens is 326 g/mol. The molecule has 3 rings (SSSR count). The van der Waals surface area contributed by atoms with Crippen LogP contribution >= 0.6 is 11.6 Å². The molecule has 0 spiro atoms. The van der Waals surface area contributed by atoms with E-state index in [0.717, 1.165) is 21.7 Å². The number of fused-ring (bicyclic) bond motifs is 3. The smallest absolute Gasteiger partial charge is 0.413 e. The van der Waals surface area contributed by atoms with Gasteiger partial charge in [-0.2, -0.15) is 0 Å². The second-order valence-electron chi connectivity index (χ2n) is 6.65. The molecule has 0 aliphatic heterocycles. The number of aryl methyl sites for hydroxylation is 1. The number of benzene rings is 1. The lowest BCUT2D eigenvalue weighted by molar-refractivity contribution is -0.643. The summed E-state index contributed by atoms with van der Waals surface area (Å²) in [5.41, 5.74) is 0.437. The van der Waals surface area contributed by atoms with Gasteiger partial charge in [0.15, 0.2) is 6.20 Å². The van der Waals surface area contributed by atoms with E-state index in [0.29, 0.717) is 10.8 Å². The van der Waals surface area contributed by atoms with Crippen LogP contribution in [0.25, 0.3) is 21.7 Å². The minimum atomic E-state index is -0.567. The predicted octanol–water partition coefficient (Wildman–Crippen LogP) is 4.21. The van der Waals surface area contributed by atoms with E-state index < -0.39 is 11.7 Å². The zero-order valence-corrected chi connectivity index (χ0v) is 14.8. The number of hydrogen-bond acceptors (Lipinski definition) is 3. The van der Waals surface area contributed by atoms with Crippen LogP contribution in [-0.2, 0) is 11.8 Å². The number of aromatic nitrogens is 2. The summed E-state index contributed by atoms with van der Waals surface area (Å²) in [6, 6.07) is 7.66. The third-order valence-electron chi connectivity index (χ3n) is 3.56. The normalized spacial score (nSPS) is 11.7. The summed E-state index contributed by atoms with van der Waals surface area (Å²) in [5, 5.41) is 6.27. The number of anilines is 1. The van der Waals surface area contributed by atoms with Crippen LogP contribution in [-0.4, -0.2) is 16.7 Å². The number of carbonyl (C=O) groups excluding carboxylic acids is 1. The molecule has 3 aromatic rings. The van der Waals surface area contributed by atoms with Crippen LogP contribution < -0.4 is 9.88 Å². The molecule has 0 radical (unpaired) electrons. The van der Waals surface area contributed by atoms with E-state index in [1.54, 1.807) is 6.20 Å². The van der Waals surface area contributed by atoms with Crippen LogP contribution in [0, 0.1) is 0 Å². The Labute approximate surface area is 145 Å². The lowest BCUT2D eigenvalue weighted by Gasteiger charge is -2.19. The van der Waals surface area contributed by atoms with E-state index in [2.05, 4.69) is 10.3 Å². The maximum absolute atomic E-state index is 12.1. The van der Waals surface area contributed by atoms with Crippen molar-refractivity contribution in [2.45, 2.75) is 26.4 Å². The number of nitrogens with zero attached hydrogens (tertiary/aromatic N) is 2. The molecular formula is C18H19ClN3O2+. The van der Waals surface area contributed by atoms with Crippen LogP contribution in [0.3, 0.4) is 0 Å². The molecule has 0 saturated carbocycles. The highest BCUT2D eigenvalue weighted by Gasteiger charge is 2.19. The zero-order chi connectivity index (χ0) is 17.5. The van der Waals surface area contributed by atoms with E-state index >= 15 is 0 Å². The van der Waals surface area contributed by atoms with E-state index in [1.807, 2.05) is 62.8 Å². The van der Waals surface area contributed by atoms with Gasteiger partial charge in [0, 0.05) is 22.7 Å². The Morgan fingerprint density at radius 3 is 2.67 bits per heavy atom. The van der Waals surface area contributed by atoms with Gasteiger partial charge in [0.05, 0.1) is 10.8 Å². The Bertz CT molecular complexity index is 948. The summed E-state index contributed by atoms with van der Waals surface area (Å²) in [7, 11) is 1.93. The average Bonchev–Trinajstić information content (AvgIpc) is 2.46. The van der Waals surface area contributed by atoms with Crippen LogP contribution in [0.4, 0.5) is 10.6 Å². The van der Waals surface area contributed by atoms with Gasteiger partial charge in [-0.25, -0.2) is 14.3 Å². The molecule has 1 N–H and O–H groups in total. The summed E-state index contributed by atoms with van der Waals surface area (Å²) in [6.07, 6.45) is 3.07. The van der Waals surface area contributed by atoms with Crippen LogP contribution in [0.2, 0.25) is 5.02 Å². The molecule has 124 valence electrons. The maximum atomic E-state index is 12.1. The summed E-state index contributed by atoms with van der Waals surface area (Å²) in [6.45, 7) is 5.46. The number of ether oxygens (including phenoxy) is 1. The number of rotatable bonds is 1. The van der Waals surface area contributed by atoms with Crippen LogP contribution in [0.5, 0.6) is 0 Å². The van der Waals surface area contributed by atoms with Gasteiger partial charge in [-0.15, -0.1) is 0 Å². The molecule has 6 heteroatoms. The number of nitrogens with one attached hydrogen (secondary N) is 1. The lowest BCUT2D eigenvalue weighted by Crippen LogP contribution is -2.29. The van der Waals surface area contributed by atoms with E-state index in [4.69, 9.17) is 16.3 Å². The molecule has 0 unspecified atom stereocenters. The van der Waals surface area contributed by atoms with E-state index in [1.165, 1.54) is 0 Å². The van der Waals surface area contributed by atoms with Gasteiger partial charge in [-0.05, 0) is 39.0 Å². The molecule has 5 nitrogen and oxygen atoms in total. The number of hydrogen-bond donors (Lipinski definition) is 1. The first-order chi connectivity index (χ1) is 11.2. The van der Waals surface area contributed by atoms with Crippen molar-refractivity contribution in [2.75, 3.05) is 5.32 Å². The van der Waals surface area contributed by atoms with Gasteiger partial charge in [-0.1, -0.05) is 11.6 Å². The number of carbonyl (C=O) groups is 1. The fourth-order valence-electron chi connectivity index (χ4n) is 2.63. The van der Waals surface area contributed by atoms with Crippen molar-refractivity contribution in [1.29, 1.82) is 0 Å². The summed E-state index contributed by atoms with van der Waals surface area (Å²) >= 11 is 6.10. The number of halogens is 1. The Balaban J connectivity index is 2.12. The first kappa shape index (κ1) is 16.5. The molecule has 0 aliphatic rings. The third-order valence-corrected chi connectivity index (χ3v) is 3.80. The second-order valence-corrected chi connectivity index (χ2v) is 7.09. The Hall–Kier alpha value is -2.40. The van der Waals surface area contributed by atoms with Gasteiger partial charge < -0.3 is 4.74 Å². The van der Waals surface area contributed by atoms with Crippen molar-refractivity contribution in [3.05, 3.63) is 41.7 Å². The molecule has 1 aromatic carbocycles. The molecule has 0 bridgehead atoms. The molecule has 0 saturated heterocycles. The van der Waals surface area contributed by atoms with Gasteiger partial charge in [0.1, 0.15) is 18.5 Å². The fraction of sp³-hybridized carbons (Fsp3) is 0.278. The molecule has 0 atom stereocenters. The standard InChI is InChI=1S/C18H18ClN3O2/c1-18(2,3)24-17(23)21-16-14-10-22(4)15-9-11(19)5-6-13(15)12(14)7-8-20-16/h5-10H,1-4H3/p+1. The maximum Gasteiger partial charge on any atom is 0.413 e. The molecule has 1 amide bonds. The highest BCUT2D eigenvalue weighted by molar-refractivity contribution is 6.31. The lowest BCUT2D eigenvalue weighted by atomic mass is 10.1. The number of amides is 1. The quantitative estimate of drug-likeness (QED) is 0.531. The molecule has 2 heterocycles.